The number of aromatic nitrogens is 4. The molecule has 1 aliphatic rings. The molecule has 0 radical (unpaired) electrons. The molecule has 7 heteroatoms. The van der Waals surface area contributed by atoms with E-state index in [1.807, 2.05) is 37.3 Å². The molecule has 7 nitrogen and oxygen atoms in total. The third-order valence-corrected chi connectivity index (χ3v) is 6.33. The number of fused-ring (bicyclic) bond motifs is 2. The van der Waals surface area contributed by atoms with Crippen LogP contribution >= 0.6 is 0 Å². The molecule has 2 aromatic carbocycles. The molecule has 2 heterocycles. The molecule has 1 amide bonds. The number of amides is 1. The van der Waals surface area contributed by atoms with Gasteiger partial charge in [0.25, 0.3) is 5.56 Å². The first-order chi connectivity index (χ1) is 16.1. The number of benzene rings is 2. The average Bonchev–Trinajstić information content (AvgIpc) is 3.27. The molecule has 0 aliphatic heterocycles. The Balaban J connectivity index is 1.27. The zero-order valence-electron chi connectivity index (χ0n) is 18.7. The topological polar surface area (TPSA) is 92.7 Å². The molecule has 2 N–H and O–H groups in total. The van der Waals surface area contributed by atoms with Crippen LogP contribution < -0.4 is 10.9 Å². The van der Waals surface area contributed by atoms with Gasteiger partial charge >= 0.3 is 0 Å². The van der Waals surface area contributed by atoms with Crippen LogP contribution in [0.25, 0.3) is 16.7 Å². The van der Waals surface area contributed by atoms with Crippen LogP contribution in [0.5, 0.6) is 0 Å². The summed E-state index contributed by atoms with van der Waals surface area (Å²) in [4.78, 5) is 32.5. The van der Waals surface area contributed by atoms with Gasteiger partial charge in [-0.05, 0) is 61.4 Å². The molecule has 0 bridgehead atoms. The second-order valence-corrected chi connectivity index (χ2v) is 8.67. The Labute approximate surface area is 191 Å². The number of hydrogen-bond donors (Lipinski definition) is 2. The third kappa shape index (κ3) is 4.44. The number of nitrogens with zero attached hydrogens (tertiary/aromatic N) is 3. The van der Waals surface area contributed by atoms with E-state index in [1.54, 1.807) is 4.68 Å². The van der Waals surface area contributed by atoms with E-state index in [1.165, 1.54) is 30.2 Å². The van der Waals surface area contributed by atoms with Crippen molar-refractivity contribution >= 4 is 16.9 Å². The van der Waals surface area contributed by atoms with Crippen LogP contribution in [-0.2, 0) is 24.1 Å². The quantitative estimate of drug-likeness (QED) is 0.476. The van der Waals surface area contributed by atoms with Gasteiger partial charge in [-0.3, -0.25) is 9.59 Å². The molecule has 0 saturated carbocycles. The largest absolute Gasteiger partial charge is 0.350 e. The smallest absolute Gasteiger partial charge is 0.262 e. The van der Waals surface area contributed by atoms with Crippen molar-refractivity contribution in [2.24, 2.45) is 0 Å². The minimum Gasteiger partial charge on any atom is -0.350 e. The Morgan fingerprint density at radius 3 is 2.73 bits per heavy atom. The number of H-pyrrole nitrogens is 1. The van der Waals surface area contributed by atoms with E-state index in [-0.39, 0.29) is 23.9 Å². The maximum absolute atomic E-state index is 12.6. The summed E-state index contributed by atoms with van der Waals surface area (Å²) in [7, 11) is 0. The van der Waals surface area contributed by atoms with Crippen molar-refractivity contribution in [2.45, 2.75) is 51.5 Å². The first kappa shape index (κ1) is 21.1. The Kier molecular flexibility index (Phi) is 5.77. The van der Waals surface area contributed by atoms with Gasteiger partial charge in [0, 0.05) is 12.8 Å². The monoisotopic (exact) mass is 441 g/mol. The van der Waals surface area contributed by atoms with Crippen LogP contribution in [-0.4, -0.2) is 25.7 Å². The number of rotatable bonds is 6. The highest BCUT2D eigenvalue weighted by atomic mass is 16.1. The van der Waals surface area contributed by atoms with Crippen molar-refractivity contribution in [3.63, 3.8) is 0 Å². The second kappa shape index (κ2) is 9.02. The van der Waals surface area contributed by atoms with E-state index in [0.717, 1.165) is 24.1 Å². The van der Waals surface area contributed by atoms with E-state index < -0.39 is 0 Å². The molecular weight excluding hydrogens is 414 g/mol. The standard InChI is InChI=1S/C26H27N5O2/c1-17(19-12-11-18-7-5-6-8-20(18)15-19)28-24(32)14-13-23-29-25-22(26(33)30-23)16-27-31(25)21-9-3-2-4-10-21/h2-4,9-12,15-17H,5-8,13-14H2,1H3,(H,28,32)(H,29,30,33). The van der Waals surface area contributed by atoms with Crippen LogP contribution in [0.2, 0.25) is 0 Å². The zero-order valence-corrected chi connectivity index (χ0v) is 18.7. The molecule has 33 heavy (non-hydrogen) atoms. The summed E-state index contributed by atoms with van der Waals surface area (Å²) in [6.45, 7) is 2.01. The molecule has 0 fully saturated rings. The lowest BCUT2D eigenvalue weighted by Crippen LogP contribution is -2.27. The van der Waals surface area contributed by atoms with Crippen LogP contribution in [0.3, 0.4) is 0 Å². The Morgan fingerprint density at radius 2 is 1.91 bits per heavy atom. The van der Waals surface area contributed by atoms with Crippen molar-refractivity contribution in [3.8, 4) is 5.69 Å². The summed E-state index contributed by atoms with van der Waals surface area (Å²) in [5, 5.41) is 7.83. The lowest BCUT2D eigenvalue weighted by Gasteiger charge is -2.20. The second-order valence-electron chi connectivity index (χ2n) is 8.67. The molecule has 4 aromatic rings. The van der Waals surface area contributed by atoms with Gasteiger partial charge in [-0.25, -0.2) is 9.67 Å². The van der Waals surface area contributed by atoms with Crippen molar-refractivity contribution in [2.75, 3.05) is 0 Å². The number of para-hydroxylation sites is 1. The fraction of sp³-hybridized carbons (Fsp3) is 0.308. The van der Waals surface area contributed by atoms with Gasteiger partial charge in [0.2, 0.25) is 5.91 Å². The summed E-state index contributed by atoms with van der Waals surface area (Å²) in [6, 6.07) is 16.0. The predicted octanol–water partition coefficient (Wildman–Crippen LogP) is 3.80. The third-order valence-electron chi connectivity index (χ3n) is 6.33. The van der Waals surface area contributed by atoms with Crippen LogP contribution in [0, 0.1) is 0 Å². The van der Waals surface area contributed by atoms with Gasteiger partial charge in [-0.15, -0.1) is 0 Å². The molecule has 1 aliphatic carbocycles. The Morgan fingerprint density at radius 1 is 1.12 bits per heavy atom. The van der Waals surface area contributed by atoms with Gasteiger partial charge < -0.3 is 10.3 Å². The SMILES string of the molecule is CC(NC(=O)CCc1nc2c(cnn2-c2ccccc2)c(=O)[nH]1)c1ccc2c(c1)CCCC2. The number of carbonyl (C=O) groups is 1. The Bertz CT molecular complexity index is 1360. The van der Waals surface area contributed by atoms with Crippen molar-refractivity contribution in [1.82, 2.24) is 25.1 Å². The highest BCUT2D eigenvalue weighted by molar-refractivity contribution is 5.77. The lowest BCUT2D eigenvalue weighted by atomic mass is 9.89. The number of carbonyl (C=O) groups excluding carboxylic acids is 1. The van der Waals surface area contributed by atoms with Gasteiger partial charge in [0.05, 0.1) is 17.9 Å². The van der Waals surface area contributed by atoms with Gasteiger partial charge in [0.1, 0.15) is 11.2 Å². The highest BCUT2D eigenvalue weighted by Crippen LogP contribution is 2.25. The lowest BCUT2D eigenvalue weighted by molar-refractivity contribution is -0.121. The molecule has 0 spiro atoms. The van der Waals surface area contributed by atoms with Crippen molar-refractivity contribution in [1.29, 1.82) is 0 Å². The number of hydrogen-bond acceptors (Lipinski definition) is 4. The fourth-order valence-corrected chi connectivity index (χ4v) is 4.49. The minimum absolute atomic E-state index is 0.0699. The van der Waals surface area contributed by atoms with E-state index in [0.29, 0.717) is 23.3 Å². The summed E-state index contributed by atoms with van der Waals surface area (Å²) >= 11 is 0. The van der Waals surface area contributed by atoms with Gasteiger partial charge in [-0.2, -0.15) is 5.10 Å². The molecule has 0 saturated heterocycles. The summed E-state index contributed by atoms with van der Waals surface area (Å²) in [5.41, 5.74) is 5.04. The van der Waals surface area contributed by atoms with Crippen LogP contribution in [0.15, 0.2) is 59.5 Å². The molecular formula is C26H27N5O2. The maximum atomic E-state index is 12.6. The minimum atomic E-state index is -0.250. The highest BCUT2D eigenvalue weighted by Gasteiger charge is 2.16. The van der Waals surface area contributed by atoms with Gasteiger partial charge in [0.15, 0.2) is 5.65 Å². The van der Waals surface area contributed by atoms with Crippen molar-refractivity contribution < 1.29 is 4.79 Å². The molecule has 5 rings (SSSR count). The van der Waals surface area contributed by atoms with Crippen LogP contribution in [0.4, 0.5) is 0 Å². The zero-order chi connectivity index (χ0) is 22.8. The summed E-state index contributed by atoms with van der Waals surface area (Å²) in [6.07, 6.45) is 6.85. The molecule has 1 atom stereocenters. The average molecular weight is 442 g/mol. The van der Waals surface area contributed by atoms with E-state index >= 15 is 0 Å². The van der Waals surface area contributed by atoms with E-state index in [9.17, 15) is 9.59 Å². The van der Waals surface area contributed by atoms with E-state index in [2.05, 4.69) is 38.6 Å². The van der Waals surface area contributed by atoms with E-state index in [4.69, 9.17) is 0 Å². The summed E-state index contributed by atoms with van der Waals surface area (Å²) in [5.74, 6) is 0.404. The predicted molar refractivity (Wildman–Crippen MR) is 127 cm³/mol. The number of aryl methyl sites for hydroxylation is 3. The van der Waals surface area contributed by atoms with Crippen molar-refractivity contribution in [3.05, 3.63) is 87.6 Å². The fourth-order valence-electron chi connectivity index (χ4n) is 4.49. The van der Waals surface area contributed by atoms with Gasteiger partial charge in [-0.1, -0.05) is 36.4 Å². The Hall–Kier alpha value is -3.74. The first-order valence-corrected chi connectivity index (χ1v) is 11.5. The van der Waals surface area contributed by atoms with Crippen LogP contribution in [0.1, 0.15) is 54.7 Å². The number of aromatic amines is 1. The maximum Gasteiger partial charge on any atom is 0.262 e. The first-order valence-electron chi connectivity index (χ1n) is 11.5. The molecule has 168 valence electrons. The molecule has 1 unspecified atom stereocenters. The normalized spacial score (nSPS) is 14.1. The number of nitrogens with one attached hydrogen (secondary N) is 2. The summed E-state index contributed by atoms with van der Waals surface area (Å²) < 4.78 is 1.65. The molecule has 2 aromatic heterocycles.